The number of unbranched alkanes of at least 4 members (excludes halogenated alkanes) is 2. The average Bonchev–Trinajstić information content (AvgIpc) is 2.74. The van der Waals surface area contributed by atoms with E-state index in [0.29, 0.717) is 25.8 Å². The molecule has 0 aromatic rings. The van der Waals surface area contributed by atoms with Crippen LogP contribution in [0.25, 0.3) is 0 Å². The number of nitrogens with one attached hydrogen (secondary N) is 2. The number of amides is 2. The van der Waals surface area contributed by atoms with E-state index in [4.69, 9.17) is 28.8 Å². The van der Waals surface area contributed by atoms with Crippen molar-refractivity contribution in [1.82, 2.24) is 10.6 Å². The van der Waals surface area contributed by atoms with Crippen molar-refractivity contribution in [3.63, 3.8) is 0 Å². The molecule has 3 N–H and O–H groups in total. The van der Waals surface area contributed by atoms with Crippen molar-refractivity contribution in [2.75, 3.05) is 26.4 Å². The minimum Gasteiger partial charge on any atom is -0.463 e. The van der Waals surface area contributed by atoms with Gasteiger partial charge in [-0.05, 0) is 19.3 Å². The van der Waals surface area contributed by atoms with Gasteiger partial charge in [-0.1, -0.05) is 0 Å². The number of esters is 3. The van der Waals surface area contributed by atoms with E-state index in [1.807, 2.05) is 0 Å². The van der Waals surface area contributed by atoms with Crippen LogP contribution in [-0.2, 0) is 47.7 Å². The van der Waals surface area contributed by atoms with E-state index < -0.39 is 54.5 Å². The van der Waals surface area contributed by atoms with Crippen LogP contribution >= 0.6 is 0 Å². The van der Waals surface area contributed by atoms with Crippen LogP contribution in [-0.4, -0.2) is 91.8 Å². The summed E-state index contributed by atoms with van der Waals surface area (Å²) in [5.41, 5.74) is 0. The molecule has 1 rings (SSSR count). The van der Waals surface area contributed by atoms with Crippen molar-refractivity contribution < 1.29 is 52.8 Å². The highest BCUT2D eigenvalue weighted by Crippen LogP contribution is 2.28. The second kappa shape index (κ2) is 16.0. The first-order chi connectivity index (χ1) is 16.5. The third kappa shape index (κ3) is 12.0. The first-order valence-electron chi connectivity index (χ1n) is 11.4. The molecule has 1 aliphatic heterocycles. The Morgan fingerprint density at radius 2 is 1.54 bits per heavy atom. The van der Waals surface area contributed by atoms with Crippen LogP contribution in [0.15, 0.2) is 0 Å². The quantitative estimate of drug-likeness (QED) is 0.155. The molecule has 0 unspecified atom stereocenters. The molecular formula is C22H36N2O11. The third-order valence-corrected chi connectivity index (χ3v) is 4.84. The molecule has 1 heterocycles. The summed E-state index contributed by atoms with van der Waals surface area (Å²) >= 11 is 0. The van der Waals surface area contributed by atoms with E-state index in [1.165, 1.54) is 20.8 Å². The van der Waals surface area contributed by atoms with Gasteiger partial charge in [-0.15, -0.1) is 0 Å². The number of aliphatic hydroxyl groups is 1. The van der Waals surface area contributed by atoms with Crippen molar-refractivity contribution in [3.05, 3.63) is 0 Å². The molecule has 0 aromatic carbocycles. The summed E-state index contributed by atoms with van der Waals surface area (Å²) in [5, 5.41) is 14.0. The first kappa shape index (κ1) is 30.3. The Labute approximate surface area is 204 Å². The lowest BCUT2D eigenvalue weighted by Crippen LogP contribution is -2.66. The smallest absolute Gasteiger partial charge is 0.303 e. The lowest BCUT2D eigenvalue weighted by Gasteiger charge is -2.44. The maximum atomic E-state index is 11.9. The summed E-state index contributed by atoms with van der Waals surface area (Å²) in [4.78, 5) is 58.1. The van der Waals surface area contributed by atoms with Gasteiger partial charge in [-0.3, -0.25) is 24.0 Å². The normalized spacial score (nSPS) is 23.6. The number of ether oxygens (including phenoxy) is 5. The van der Waals surface area contributed by atoms with Gasteiger partial charge in [-0.25, -0.2) is 0 Å². The zero-order valence-electron chi connectivity index (χ0n) is 20.6. The van der Waals surface area contributed by atoms with Gasteiger partial charge in [0.1, 0.15) is 18.8 Å². The topological polar surface area (TPSA) is 176 Å². The second-order valence-corrected chi connectivity index (χ2v) is 7.97. The fraction of sp³-hybridized carbons (Fsp3) is 0.773. The predicted molar refractivity (Wildman–Crippen MR) is 119 cm³/mol. The highest BCUT2D eigenvalue weighted by molar-refractivity contribution is 5.75. The monoisotopic (exact) mass is 504 g/mol. The van der Waals surface area contributed by atoms with Gasteiger partial charge >= 0.3 is 17.9 Å². The van der Waals surface area contributed by atoms with Crippen molar-refractivity contribution >= 4 is 29.7 Å². The molecule has 5 atom stereocenters. The SMILES string of the molecule is CC(=O)N[C@@H]1[C@@H](OCCCCCNC(=O)CCO)O[C@@H](COC(C)=O)[C@@H](OC(C)=O)[C@H]1OC(C)=O. The molecule has 0 radical (unpaired) electrons. The number of hydrogen-bond acceptors (Lipinski definition) is 11. The number of hydrogen-bond donors (Lipinski definition) is 3. The first-order valence-corrected chi connectivity index (χ1v) is 11.4. The Bertz CT molecular complexity index is 730. The Hall–Kier alpha value is -2.77. The second-order valence-electron chi connectivity index (χ2n) is 7.97. The summed E-state index contributed by atoms with van der Waals surface area (Å²) < 4.78 is 27.5. The van der Waals surface area contributed by atoms with Gasteiger partial charge in [0.15, 0.2) is 18.5 Å². The summed E-state index contributed by atoms with van der Waals surface area (Å²) in [6, 6.07) is -1.01. The zero-order valence-corrected chi connectivity index (χ0v) is 20.6. The van der Waals surface area contributed by atoms with Gasteiger partial charge in [0, 0.05) is 47.3 Å². The highest BCUT2D eigenvalue weighted by atomic mass is 16.7. The minimum absolute atomic E-state index is 0.0546. The summed E-state index contributed by atoms with van der Waals surface area (Å²) in [6.07, 6.45) is -2.43. The highest BCUT2D eigenvalue weighted by Gasteiger charge is 2.51. The molecule has 0 saturated carbocycles. The Morgan fingerprint density at radius 3 is 2.11 bits per heavy atom. The number of carbonyl (C=O) groups excluding carboxylic acids is 5. The lowest BCUT2D eigenvalue weighted by atomic mass is 9.96. The van der Waals surface area contributed by atoms with E-state index >= 15 is 0 Å². The fourth-order valence-electron chi connectivity index (χ4n) is 3.45. The Kier molecular flexibility index (Phi) is 13.8. The largest absolute Gasteiger partial charge is 0.463 e. The van der Waals surface area contributed by atoms with E-state index in [-0.39, 0.29) is 32.1 Å². The van der Waals surface area contributed by atoms with E-state index in [9.17, 15) is 24.0 Å². The lowest BCUT2D eigenvalue weighted by molar-refractivity contribution is -0.277. The predicted octanol–water partition coefficient (Wildman–Crippen LogP) is -0.672. The van der Waals surface area contributed by atoms with Crippen molar-refractivity contribution in [3.8, 4) is 0 Å². The van der Waals surface area contributed by atoms with Crippen LogP contribution in [0.2, 0.25) is 0 Å². The minimum atomic E-state index is -1.17. The van der Waals surface area contributed by atoms with Gasteiger partial charge in [0.05, 0.1) is 6.61 Å². The summed E-state index contributed by atoms with van der Waals surface area (Å²) in [6.45, 7) is 4.95. The zero-order chi connectivity index (χ0) is 26.4. The summed E-state index contributed by atoms with van der Waals surface area (Å²) in [5.74, 6) is -2.64. The Morgan fingerprint density at radius 1 is 0.886 bits per heavy atom. The van der Waals surface area contributed by atoms with E-state index in [0.717, 1.165) is 6.92 Å². The fourth-order valence-corrected chi connectivity index (χ4v) is 3.45. The van der Waals surface area contributed by atoms with Crippen LogP contribution in [0.1, 0.15) is 53.4 Å². The van der Waals surface area contributed by atoms with Gasteiger partial charge in [-0.2, -0.15) is 0 Å². The van der Waals surface area contributed by atoms with Crippen LogP contribution < -0.4 is 10.6 Å². The molecule has 1 saturated heterocycles. The maximum Gasteiger partial charge on any atom is 0.303 e. The van der Waals surface area contributed by atoms with Crippen molar-refractivity contribution in [1.29, 1.82) is 0 Å². The molecule has 200 valence electrons. The molecule has 0 aliphatic carbocycles. The van der Waals surface area contributed by atoms with Gasteiger partial charge in [0.25, 0.3) is 0 Å². The Balaban J connectivity index is 2.89. The van der Waals surface area contributed by atoms with Crippen LogP contribution in [0.5, 0.6) is 0 Å². The number of carbonyl (C=O) groups is 5. The van der Waals surface area contributed by atoms with Crippen molar-refractivity contribution in [2.45, 2.75) is 84.0 Å². The molecule has 1 aliphatic rings. The van der Waals surface area contributed by atoms with Crippen LogP contribution in [0.4, 0.5) is 0 Å². The molecule has 13 nitrogen and oxygen atoms in total. The van der Waals surface area contributed by atoms with Gasteiger partial charge in [0.2, 0.25) is 11.8 Å². The van der Waals surface area contributed by atoms with Crippen LogP contribution in [0.3, 0.4) is 0 Å². The van der Waals surface area contributed by atoms with Gasteiger partial charge < -0.3 is 39.4 Å². The standard InChI is InChI=1S/C22H36N2O11/c1-13(26)24-19-21(34-16(4)29)20(33-15(3)28)17(12-32-14(2)27)35-22(19)31-11-7-5-6-9-23-18(30)8-10-25/h17,19-22,25H,5-12H2,1-4H3,(H,23,30)(H,24,26)/t17-,19-,20+,21-,22-/m0/s1. The molecule has 35 heavy (non-hydrogen) atoms. The molecular weight excluding hydrogens is 468 g/mol. The average molecular weight is 505 g/mol. The van der Waals surface area contributed by atoms with E-state index in [1.54, 1.807) is 0 Å². The van der Waals surface area contributed by atoms with E-state index in [2.05, 4.69) is 10.6 Å². The molecule has 1 fully saturated rings. The van der Waals surface area contributed by atoms with Crippen molar-refractivity contribution in [2.24, 2.45) is 0 Å². The number of rotatable bonds is 14. The molecule has 0 spiro atoms. The molecule has 0 bridgehead atoms. The molecule has 13 heteroatoms. The molecule has 2 amide bonds. The third-order valence-electron chi connectivity index (χ3n) is 4.84. The summed E-state index contributed by atoms with van der Waals surface area (Å²) in [7, 11) is 0. The van der Waals surface area contributed by atoms with Crippen LogP contribution in [0, 0.1) is 0 Å². The number of aliphatic hydroxyl groups excluding tert-OH is 1. The maximum absolute atomic E-state index is 11.9. The molecule has 0 aromatic heterocycles.